The molecule has 1 fully saturated rings. The average molecular weight is 571 g/mol. The summed E-state index contributed by atoms with van der Waals surface area (Å²) < 4.78 is 6.69. The van der Waals surface area contributed by atoms with Crippen molar-refractivity contribution in [1.82, 2.24) is 9.88 Å². The Morgan fingerprint density at radius 3 is 2.56 bits per heavy atom. The van der Waals surface area contributed by atoms with Gasteiger partial charge in [-0.05, 0) is 104 Å². The van der Waals surface area contributed by atoms with E-state index < -0.39 is 5.60 Å². The van der Waals surface area contributed by atoms with E-state index in [1.165, 1.54) is 0 Å². The predicted molar refractivity (Wildman–Crippen MR) is 143 cm³/mol. The summed E-state index contributed by atoms with van der Waals surface area (Å²) >= 11 is 2.23. The molecule has 1 aliphatic heterocycles. The maximum absolute atomic E-state index is 14.0. The van der Waals surface area contributed by atoms with Gasteiger partial charge in [-0.3, -0.25) is 9.69 Å². The molecule has 1 saturated heterocycles. The number of benzene rings is 2. The first kappa shape index (κ1) is 24.4. The number of fused-ring (bicyclic) bond motifs is 1. The first-order valence-electron chi connectivity index (χ1n) is 11.6. The minimum absolute atomic E-state index is 0.115. The van der Waals surface area contributed by atoms with Gasteiger partial charge in [0.2, 0.25) is 0 Å². The lowest BCUT2D eigenvalue weighted by Gasteiger charge is -2.39. The van der Waals surface area contributed by atoms with Crippen molar-refractivity contribution in [2.24, 2.45) is 0 Å². The van der Waals surface area contributed by atoms with Crippen molar-refractivity contribution in [3.8, 4) is 0 Å². The monoisotopic (exact) mass is 571 g/mol. The van der Waals surface area contributed by atoms with Crippen molar-refractivity contribution in [2.75, 3.05) is 18.0 Å². The predicted octanol–water partition coefficient (Wildman–Crippen LogP) is 6.19. The van der Waals surface area contributed by atoms with Gasteiger partial charge >= 0.3 is 6.09 Å². The van der Waals surface area contributed by atoms with E-state index in [-0.39, 0.29) is 18.0 Å². The van der Waals surface area contributed by atoms with Crippen LogP contribution >= 0.6 is 22.6 Å². The molecule has 0 saturated carbocycles. The summed E-state index contributed by atoms with van der Waals surface area (Å²) in [5.74, 6) is 0.519. The number of pyridine rings is 1. The summed E-state index contributed by atoms with van der Waals surface area (Å²) in [6.07, 6.45) is 2.96. The number of carbonyl (C=O) groups is 2. The smallest absolute Gasteiger partial charge is 0.410 e. The van der Waals surface area contributed by atoms with Gasteiger partial charge in [0.25, 0.3) is 5.91 Å². The number of amides is 2. The van der Waals surface area contributed by atoms with E-state index in [1.54, 1.807) is 16.0 Å². The molecule has 178 valence electrons. The first-order chi connectivity index (χ1) is 16.1. The van der Waals surface area contributed by atoms with E-state index in [0.717, 1.165) is 32.7 Å². The Bertz CT molecular complexity index is 1200. The molecule has 0 bridgehead atoms. The Kier molecular flexibility index (Phi) is 7.12. The Labute approximate surface area is 214 Å². The van der Waals surface area contributed by atoms with E-state index in [4.69, 9.17) is 9.72 Å². The lowest BCUT2D eigenvalue weighted by Crippen LogP contribution is -2.53. The molecule has 34 heavy (non-hydrogen) atoms. The van der Waals surface area contributed by atoms with Crippen LogP contribution in [0.2, 0.25) is 0 Å². The molecule has 4 rings (SSSR count). The molecule has 0 spiro atoms. The maximum Gasteiger partial charge on any atom is 0.410 e. The standard InChI is InChI=1S/C27H30IN3O3/c1-18-7-5-8-19-14-15-29-24(23(18)19)31(25(32)20-10-12-21(28)13-11-20)22-9-6-16-30(17-22)26(33)34-27(2,3)4/h5,7-8,10-15,22H,6,9,16-17H2,1-4H3/t22-/m1/s1. The Hall–Kier alpha value is -2.68. The van der Waals surface area contributed by atoms with Crippen LogP contribution in [0.25, 0.3) is 10.8 Å². The van der Waals surface area contributed by atoms with Crippen LogP contribution in [-0.4, -0.2) is 46.6 Å². The molecule has 1 atom stereocenters. The number of anilines is 1. The zero-order chi connectivity index (χ0) is 24.5. The van der Waals surface area contributed by atoms with Gasteiger partial charge in [0.05, 0.1) is 6.04 Å². The molecule has 0 aliphatic carbocycles. The van der Waals surface area contributed by atoms with E-state index in [0.29, 0.717) is 24.5 Å². The second-order valence-corrected chi connectivity index (χ2v) is 11.0. The molecular formula is C27H30IN3O3. The molecule has 0 N–H and O–H groups in total. The minimum atomic E-state index is -0.574. The molecule has 1 aromatic heterocycles. The van der Waals surface area contributed by atoms with Crippen LogP contribution in [0.5, 0.6) is 0 Å². The number of nitrogens with zero attached hydrogens (tertiary/aromatic N) is 3. The van der Waals surface area contributed by atoms with E-state index in [9.17, 15) is 9.59 Å². The Balaban J connectivity index is 1.77. The summed E-state index contributed by atoms with van der Waals surface area (Å²) in [6, 6.07) is 15.4. The highest BCUT2D eigenvalue weighted by molar-refractivity contribution is 14.1. The number of likely N-dealkylation sites (tertiary alicyclic amines) is 1. The molecule has 1 aliphatic rings. The largest absolute Gasteiger partial charge is 0.444 e. The summed E-state index contributed by atoms with van der Waals surface area (Å²) in [5, 5.41) is 1.99. The van der Waals surface area contributed by atoms with Crippen molar-refractivity contribution in [1.29, 1.82) is 0 Å². The van der Waals surface area contributed by atoms with Gasteiger partial charge in [-0.2, -0.15) is 0 Å². The zero-order valence-electron chi connectivity index (χ0n) is 20.0. The van der Waals surface area contributed by atoms with Crippen LogP contribution in [0, 0.1) is 10.5 Å². The maximum atomic E-state index is 14.0. The summed E-state index contributed by atoms with van der Waals surface area (Å²) in [7, 11) is 0. The number of rotatable bonds is 3. The van der Waals surface area contributed by atoms with Crippen LogP contribution in [-0.2, 0) is 4.74 Å². The summed E-state index contributed by atoms with van der Waals surface area (Å²) in [5.41, 5.74) is 1.08. The number of ether oxygens (including phenoxy) is 1. The topological polar surface area (TPSA) is 62.7 Å². The third kappa shape index (κ3) is 5.35. The van der Waals surface area contributed by atoms with E-state index >= 15 is 0 Å². The third-order valence-electron chi connectivity index (χ3n) is 5.93. The zero-order valence-corrected chi connectivity index (χ0v) is 22.2. The normalized spacial score (nSPS) is 16.4. The van der Waals surface area contributed by atoms with Crippen molar-refractivity contribution in [2.45, 2.75) is 52.2 Å². The van der Waals surface area contributed by atoms with Gasteiger partial charge in [0.1, 0.15) is 11.4 Å². The molecule has 3 aromatic rings. The minimum Gasteiger partial charge on any atom is -0.444 e. The van der Waals surface area contributed by atoms with Gasteiger partial charge in [-0.1, -0.05) is 18.2 Å². The summed E-state index contributed by atoms with van der Waals surface area (Å²) in [4.78, 5) is 35.0. The van der Waals surface area contributed by atoms with Crippen molar-refractivity contribution in [3.05, 3.63) is 69.4 Å². The first-order valence-corrected chi connectivity index (χ1v) is 12.6. The summed E-state index contributed by atoms with van der Waals surface area (Å²) in [6.45, 7) is 8.63. The fourth-order valence-electron chi connectivity index (χ4n) is 4.39. The second kappa shape index (κ2) is 9.90. The quantitative estimate of drug-likeness (QED) is 0.352. The second-order valence-electron chi connectivity index (χ2n) is 9.71. The number of aromatic nitrogens is 1. The van der Waals surface area contributed by atoms with E-state index in [2.05, 4.69) is 22.6 Å². The number of halogens is 1. The molecule has 2 aromatic carbocycles. The molecule has 2 amide bonds. The van der Waals surface area contributed by atoms with Crippen molar-refractivity contribution < 1.29 is 14.3 Å². The van der Waals surface area contributed by atoms with Crippen molar-refractivity contribution >= 4 is 51.2 Å². The van der Waals surface area contributed by atoms with Crippen LogP contribution in [0.3, 0.4) is 0 Å². The number of carbonyl (C=O) groups excluding carboxylic acids is 2. The number of aryl methyl sites for hydroxylation is 1. The molecular weight excluding hydrogens is 541 g/mol. The number of hydrogen-bond donors (Lipinski definition) is 0. The van der Waals surface area contributed by atoms with Gasteiger partial charge in [0, 0.05) is 33.8 Å². The Morgan fingerprint density at radius 1 is 1.12 bits per heavy atom. The average Bonchev–Trinajstić information content (AvgIpc) is 2.79. The van der Waals surface area contributed by atoms with Gasteiger partial charge in [0.15, 0.2) is 0 Å². The van der Waals surface area contributed by atoms with Crippen LogP contribution in [0.15, 0.2) is 54.7 Å². The molecule has 0 radical (unpaired) electrons. The highest BCUT2D eigenvalue weighted by Crippen LogP contribution is 2.32. The number of piperidine rings is 1. The van der Waals surface area contributed by atoms with Gasteiger partial charge < -0.3 is 9.64 Å². The lowest BCUT2D eigenvalue weighted by atomic mass is 10.0. The number of hydrogen-bond acceptors (Lipinski definition) is 4. The third-order valence-corrected chi connectivity index (χ3v) is 6.65. The van der Waals surface area contributed by atoms with Crippen LogP contribution in [0.1, 0.15) is 49.5 Å². The van der Waals surface area contributed by atoms with Gasteiger partial charge in [-0.25, -0.2) is 9.78 Å². The van der Waals surface area contributed by atoms with Crippen LogP contribution < -0.4 is 4.90 Å². The van der Waals surface area contributed by atoms with Crippen LogP contribution in [0.4, 0.5) is 10.6 Å². The molecule has 7 heteroatoms. The lowest BCUT2D eigenvalue weighted by molar-refractivity contribution is 0.0196. The SMILES string of the molecule is Cc1cccc2ccnc(N(C(=O)c3ccc(I)cc3)[C@@H]3CCCN(C(=O)OC(C)(C)C)C3)c12. The van der Waals surface area contributed by atoms with Gasteiger partial charge in [-0.15, -0.1) is 0 Å². The molecule has 0 unspecified atom stereocenters. The van der Waals surface area contributed by atoms with E-state index in [1.807, 2.05) is 76.2 Å². The fourth-order valence-corrected chi connectivity index (χ4v) is 4.75. The molecule has 2 heterocycles. The Morgan fingerprint density at radius 2 is 1.85 bits per heavy atom. The van der Waals surface area contributed by atoms with Crippen molar-refractivity contribution in [3.63, 3.8) is 0 Å². The fraction of sp³-hybridized carbons (Fsp3) is 0.370. The highest BCUT2D eigenvalue weighted by atomic mass is 127. The highest BCUT2D eigenvalue weighted by Gasteiger charge is 2.35. The molecule has 6 nitrogen and oxygen atoms in total.